The molecule has 2 bridgehead atoms. The Balaban J connectivity index is 1.67. The normalized spacial score (nSPS) is 28.9. The van der Waals surface area contributed by atoms with Crippen molar-refractivity contribution in [2.75, 3.05) is 7.11 Å². The number of pyridine rings is 1. The van der Waals surface area contributed by atoms with Gasteiger partial charge in [0.25, 0.3) is 0 Å². The molecule has 1 aromatic carbocycles. The minimum absolute atomic E-state index is 0.115. The highest BCUT2D eigenvalue weighted by molar-refractivity contribution is 9.10. The number of hydrogen-bond donors (Lipinski definition) is 1. The van der Waals surface area contributed by atoms with Crippen LogP contribution in [0.4, 0.5) is 0 Å². The summed E-state index contributed by atoms with van der Waals surface area (Å²) in [5.41, 5.74) is 2.37. The van der Waals surface area contributed by atoms with Gasteiger partial charge in [-0.05, 0) is 70.9 Å². The van der Waals surface area contributed by atoms with Crippen LogP contribution < -0.4 is 4.74 Å². The van der Waals surface area contributed by atoms with Gasteiger partial charge in [0, 0.05) is 18.8 Å². The minimum Gasteiger partial charge on any atom is -0.497 e. The molecule has 2 fully saturated rings. The zero-order valence-corrected chi connectivity index (χ0v) is 15.9. The average Bonchev–Trinajstić information content (AvgIpc) is 2.84. The van der Waals surface area contributed by atoms with Crippen LogP contribution in [0, 0.1) is 0 Å². The maximum absolute atomic E-state index is 10.5. The molecule has 0 spiro atoms. The minimum atomic E-state index is -0.233. The summed E-state index contributed by atoms with van der Waals surface area (Å²) in [5, 5.41) is 10.5. The first-order valence-electron chi connectivity index (χ1n) is 8.80. The van der Waals surface area contributed by atoms with Gasteiger partial charge in [-0.25, -0.2) is 4.98 Å². The fourth-order valence-electron chi connectivity index (χ4n) is 4.59. The van der Waals surface area contributed by atoms with Crippen molar-refractivity contribution in [3.63, 3.8) is 0 Å². The predicted molar refractivity (Wildman–Crippen MR) is 100 cm³/mol. The molecule has 0 aliphatic carbocycles. The van der Waals surface area contributed by atoms with Crippen molar-refractivity contribution >= 4 is 15.9 Å². The monoisotopic (exact) mass is 402 g/mol. The molecule has 0 amide bonds. The van der Waals surface area contributed by atoms with E-state index in [-0.39, 0.29) is 11.6 Å². The molecular formula is C20H23BrN2O2. The Labute approximate surface area is 157 Å². The zero-order valence-electron chi connectivity index (χ0n) is 14.4. The topological polar surface area (TPSA) is 45.6 Å². The maximum atomic E-state index is 10.5. The molecule has 3 atom stereocenters. The van der Waals surface area contributed by atoms with Crippen LogP contribution in [0.1, 0.15) is 36.8 Å². The van der Waals surface area contributed by atoms with E-state index >= 15 is 0 Å². The van der Waals surface area contributed by atoms with Gasteiger partial charge in [0.15, 0.2) is 0 Å². The molecule has 3 heterocycles. The highest BCUT2D eigenvalue weighted by Crippen LogP contribution is 2.51. The molecule has 0 saturated carbocycles. The Morgan fingerprint density at radius 2 is 2.08 bits per heavy atom. The second kappa shape index (κ2) is 6.71. The molecular weight excluding hydrogens is 380 g/mol. The number of halogens is 1. The maximum Gasteiger partial charge on any atom is 0.118 e. The van der Waals surface area contributed by atoms with Crippen LogP contribution >= 0.6 is 15.9 Å². The molecule has 5 heteroatoms. The van der Waals surface area contributed by atoms with Crippen molar-refractivity contribution < 1.29 is 9.84 Å². The van der Waals surface area contributed by atoms with Crippen molar-refractivity contribution in [3.05, 3.63) is 58.3 Å². The van der Waals surface area contributed by atoms with Crippen LogP contribution in [0.25, 0.3) is 0 Å². The van der Waals surface area contributed by atoms with Gasteiger partial charge in [0.1, 0.15) is 10.4 Å². The highest BCUT2D eigenvalue weighted by Gasteiger charge is 2.52. The molecule has 3 unspecified atom stereocenters. The van der Waals surface area contributed by atoms with E-state index in [0.29, 0.717) is 6.04 Å². The zero-order chi connectivity index (χ0) is 17.4. The van der Waals surface area contributed by atoms with E-state index in [9.17, 15) is 5.11 Å². The lowest BCUT2D eigenvalue weighted by atomic mass is 9.81. The fraction of sp³-hybridized carbons (Fsp3) is 0.450. The summed E-state index contributed by atoms with van der Waals surface area (Å²) in [6, 6.07) is 12.9. The molecule has 1 aromatic heterocycles. The number of aliphatic hydroxyl groups excluding tert-OH is 1. The largest absolute Gasteiger partial charge is 0.497 e. The van der Waals surface area contributed by atoms with E-state index < -0.39 is 0 Å². The number of piperidine rings is 1. The first-order chi connectivity index (χ1) is 12.1. The Morgan fingerprint density at radius 3 is 2.76 bits per heavy atom. The Morgan fingerprint density at radius 1 is 1.28 bits per heavy atom. The van der Waals surface area contributed by atoms with Crippen LogP contribution in [-0.4, -0.2) is 34.2 Å². The second-order valence-electron chi connectivity index (χ2n) is 7.16. The lowest BCUT2D eigenvalue weighted by Gasteiger charge is -2.47. The van der Waals surface area contributed by atoms with Gasteiger partial charge in [-0.15, -0.1) is 0 Å². The van der Waals surface area contributed by atoms with Gasteiger partial charge >= 0.3 is 0 Å². The number of benzene rings is 1. The van der Waals surface area contributed by atoms with Gasteiger partial charge in [0.2, 0.25) is 0 Å². The van der Waals surface area contributed by atoms with Crippen molar-refractivity contribution in [1.29, 1.82) is 0 Å². The van der Waals surface area contributed by atoms with E-state index in [1.807, 2.05) is 24.4 Å². The van der Waals surface area contributed by atoms with Crippen molar-refractivity contribution in [2.24, 2.45) is 0 Å². The van der Waals surface area contributed by atoms with Crippen molar-refractivity contribution in [3.8, 4) is 5.75 Å². The first kappa shape index (κ1) is 17.0. The molecule has 1 N–H and O–H groups in total. The summed E-state index contributed by atoms with van der Waals surface area (Å²) < 4.78 is 6.12. The number of rotatable bonds is 4. The Bertz CT molecular complexity index is 734. The lowest BCUT2D eigenvalue weighted by molar-refractivity contribution is -0.0281. The van der Waals surface area contributed by atoms with Crippen LogP contribution in [0.5, 0.6) is 5.75 Å². The third-order valence-electron chi connectivity index (χ3n) is 5.78. The number of nitrogens with zero attached hydrogens (tertiary/aromatic N) is 2. The van der Waals surface area contributed by atoms with Crippen LogP contribution in [0.15, 0.2) is 47.2 Å². The number of aromatic nitrogens is 1. The number of methoxy groups -OCH3 is 1. The third kappa shape index (κ3) is 3.09. The summed E-state index contributed by atoms with van der Waals surface area (Å²) in [6.07, 6.45) is 5.58. The van der Waals surface area contributed by atoms with Crippen LogP contribution in [0.2, 0.25) is 0 Å². The standard InChI is InChI=1S/C20H23BrN2O2/c1-25-18-5-2-14(3-6-18)13-23-16-8-9-20(23,11-17(24)10-16)15-4-7-19(21)22-12-15/h2-7,12,16-17,24H,8-11,13H2,1H3. The molecule has 2 aromatic rings. The quantitative estimate of drug-likeness (QED) is 0.788. The van der Waals surface area contributed by atoms with E-state index in [1.54, 1.807) is 7.11 Å². The van der Waals surface area contributed by atoms with Gasteiger partial charge in [-0.1, -0.05) is 18.2 Å². The van der Waals surface area contributed by atoms with Gasteiger partial charge in [0.05, 0.1) is 18.8 Å². The van der Waals surface area contributed by atoms with Gasteiger partial charge in [-0.3, -0.25) is 4.90 Å². The van der Waals surface area contributed by atoms with Crippen LogP contribution in [-0.2, 0) is 12.1 Å². The number of aliphatic hydroxyl groups is 1. The van der Waals surface area contributed by atoms with E-state index in [2.05, 4.69) is 44.0 Å². The van der Waals surface area contributed by atoms with E-state index in [0.717, 1.165) is 42.6 Å². The summed E-state index contributed by atoms with van der Waals surface area (Å²) in [4.78, 5) is 7.04. The van der Waals surface area contributed by atoms with Crippen molar-refractivity contribution in [1.82, 2.24) is 9.88 Å². The second-order valence-corrected chi connectivity index (χ2v) is 7.98. The fourth-order valence-corrected chi connectivity index (χ4v) is 4.83. The Hall–Kier alpha value is -1.43. The Kier molecular flexibility index (Phi) is 4.56. The predicted octanol–water partition coefficient (Wildman–Crippen LogP) is 3.87. The number of ether oxygens (including phenoxy) is 1. The third-order valence-corrected chi connectivity index (χ3v) is 6.24. The SMILES string of the molecule is COc1ccc(CN2C3CCC2(c2ccc(Br)nc2)CC(O)C3)cc1. The highest BCUT2D eigenvalue weighted by atomic mass is 79.9. The molecule has 4 rings (SSSR count). The van der Waals surface area contributed by atoms with Gasteiger partial charge in [-0.2, -0.15) is 0 Å². The molecule has 0 radical (unpaired) electrons. The first-order valence-corrected chi connectivity index (χ1v) is 9.60. The molecule has 2 aliphatic heterocycles. The average molecular weight is 403 g/mol. The summed E-state index contributed by atoms with van der Waals surface area (Å²) >= 11 is 3.43. The summed E-state index contributed by atoms with van der Waals surface area (Å²) in [6.45, 7) is 0.886. The molecule has 132 valence electrons. The molecule has 25 heavy (non-hydrogen) atoms. The summed E-state index contributed by atoms with van der Waals surface area (Å²) in [7, 11) is 1.69. The number of hydrogen-bond acceptors (Lipinski definition) is 4. The smallest absolute Gasteiger partial charge is 0.118 e. The van der Waals surface area contributed by atoms with Gasteiger partial charge < -0.3 is 9.84 Å². The van der Waals surface area contributed by atoms with E-state index in [1.165, 1.54) is 11.1 Å². The molecule has 4 nitrogen and oxygen atoms in total. The lowest BCUT2D eigenvalue weighted by Crippen LogP contribution is -2.51. The van der Waals surface area contributed by atoms with E-state index in [4.69, 9.17) is 4.74 Å². The summed E-state index contributed by atoms with van der Waals surface area (Å²) in [5.74, 6) is 0.882. The molecule has 2 saturated heterocycles. The number of fused-ring (bicyclic) bond motifs is 2. The molecule has 2 aliphatic rings. The van der Waals surface area contributed by atoms with Crippen LogP contribution in [0.3, 0.4) is 0 Å². The van der Waals surface area contributed by atoms with Crippen molar-refractivity contribution in [2.45, 2.75) is 49.9 Å².